The van der Waals surface area contributed by atoms with Gasteiger partial charge in [-0.05, 0) is 18.2 Å². The highest BCUT2D eigenvalue weighted by Crippen LogP contribution is 2.25. The van der Waals surface area contributed by atoms with E-state index in [1.807, 2.05) is 0 Å². The van der Waals surface area contributed by atoms with E-state index in [1.54, 1.807) is 6.07 Å². The second kappa shape index (κ2) is 5.61. The molecule has 0 amide bonds. The number of hydrogen-bond acceptors (Lipinski definition) is 3. The van der Waals surface area contributed by atoms with Crippen LogP contribution in [0, 0.1) is 11.3 Å². The molecule has 4 nitrogen and oxygen atoms in total. The standard InChI is InChI=1S/C10H9ClF2N2O2S/c1-15(6-10(12)13)18(16,17)9-4-7(5-14)2-3-8(9)11/h2-4,10H,6H2,1H3. The monoisotopic (exact) mass is 294 g/mol. The van der Waals surface area contributed by atoms with Crippen LogP contribution in [0.25, 0.3) is 0 Å². The molecule has 0 aliphatic heterocycles. The molecule has 0 fully saturated rings. The molecular weight excluding hydrogens is 286 g/mol. The molecule has 8 heteroatoms. The number of hydrogen-bond donors (Lipinski definition) is 0. The Bertz CT molecular complexity index is 584. The Kier molecular flexibility index (Phi) is 4.62. The molecule has 98 valence electrons. The van der Waals surface area contributed by atoms with Crippen LogP contribution in [0.3, 0.4) is 0 Å². The van der Waals surface area contributed by atoms with Gasteiger partial charge in [-0.25, -0.2) is 17.2 Å². The summed E-state index contributed by atoms with van der Waals surface area (Å²) in [6, 6.07) is 5.39. The largest absolute Gasteiger partial charge is 0.252 e. The Morgan fingerprint density at radius 3 is 2.61 bits per heavy atom. The van der Waals surface area contributed by atoms with Gasteiger partial charge in [-0.1, -0.05) is 11.6 Å². The molecule has 0 N–H and O–H groups in total. The second-order valence-corrected chi connectivity index (χ2v) is 5.85. The first-order valence-corrected chi connectivity index (χ1v) is 6.55. The molecule has 0 unspecified atom stereocenters. The first-order chi connectivity index (χ1) is 8.28. The lowest BCUT2D eigenvalue weighted by Crippen LogP contribution is -2.31. The Labute approximate surface area is 108 Å². The number of nitriles is 1. The lowest BCUT2D eigenvalue weighted by Gasteiger charge is -2.17. The highest BCUT2D eigenvalue weighted by molar-refractivity contribution is 7.89. The second-order valence-electron chi connectivity index (χ2n) is 3.43. The third-order valence-corrected chi connectivity index (χ3v) is 4.45. The van der Waals surface area contributed by atoms with E-state index in [0.29, 0.717) is 4.31 Å². The zero-order valence-electron chi connectivity index (χ0n) is 9.27. The third-order valence-electron chi connectivity index (χ3n) is 2.14. The average molecular weight is 295 g/mol. The molecule has 0 heterocycles. The number of alkyl halides is 2. The third kappa shape index (κ3) is 3.16. The van der Waals surface area contributed by atoms with Crippen LogP contribution in [-0.2, 0) is 10.0 Å². The zero-order valence-corrected chi connectivity index (χ0v) is 10.8. The van der Waals surface area contributed by atoms with E-state index in [4.69, 9.17) is 16.9 Å². The molecule has 18 heavy (non-hydrogen) atoms. The topological polar surface area (TPSA) is 61.2 Å². The molecule has 0 aromatic heterocycles. The van der Waals surface area contributed by atoms with Gasteiger partial charge in [0.25, 0.3) is 6.43 Å². The van der Waals surface area contributed by atoms with E-state index in [2.05, 4.69) is 0 Å². The van der Waals surface area contributed by atoms with Crippen molar-refractivity contribution in [3.05, 3.63) is 28.8 Å². The maximum atomic E-state index is 12.2. The summed E-state index contributed by atoms with van der Waals surface area (Å²) in [5.41, 5.74) is 0.0865. The number of sulfonamides is 1. The van der Waals surface area contributed by atoms with Gasteiger partial charge in [0.15, 0.2) is 0 Å². The van der Waals surface area contributed by atoms with Crippen molar-refractivity contribution < 1.29 is 17.2 Å². The summed E-state index contributed by atoms with van der Waals surface area (Å²) in [6.07, 6.45) is -2.79. The van der Waals surface area contributed by atoms with Crippen molar-refractivity contribution in [1.29, 1.82) is 5.26 Å². The van der Waals surface area contributed by atoms with E-state index in [-0.39, 0.29) is 15.5 Å². The van der Waals surface area contributed by atoms with Gasteiger partial charge in [-0.2, -0.15) is 9.57 Å². The highest BCUT2D eigenvalue weighted by Gasteiger charge is 2.26. The quantitative estimate of drug-likeness (QED) is 0.854. The molecule has 0 atom stereocenters. The summed E-state index contributed by atoms with van der Waals surface area (Å²) >= 11 is 5.72. The Morgan fingerprint density at radius 1 is 1.50 bits per heavy atom. The van der Waals surface area contributed by atoms with Crippen LogP contribution >= 0.6 is 11.6 Å². The maximum Gasteiger partial charge on any atom is 0.252 e. The minimum atomic E-state index is -4.13. The normalized spacial score (nSPS) is 11.8. The zero-order chi connectivity index (χ0) is 13.9. The smallest absolute Gasteiger partial charge is 0.209 e. The van der Waals surface area contributed by atoms with E-state index in [0.717, 1.165) is 13.1 Å². The lowest BCUT2D eigenvalue weighted by atomic mass is 10.2. The molecular formula is C10H9ClF2N2O2S. The van der Waals surface area contributed by atoms with E-state index >= 15 is 0 Å². The SMILES string of the molecule is CN(CC(F)F)S(=O)(=O)c1cc(C#N)ccc1Cl. The van der Waals surface area contributed by atoms with Crippen molar-refractivity contribution in [3.8, 4) is 6.07 Å². The predicted octanol–water partition coefficient (Wildman–Crippen LogP) is 2.10. The Morgan fingerprint density at radius 2 is 2.11 bits per heavy atom. The van der Waals surface area contributed by atoms with Crippen LogP contribution in [0.1, 0.15) is 5.56 Å². The molecule has 0 saturated carbocycles. The average Bonchev–Trinajstić information content (AvgIpc) is 2.28. The summed E-state index contributed by atoms with van der Waals surface area (Å²) in [4.78, 5) is -0.355. The molecule has 1 aromatic rings. The van der Waals surface area contributed by atoms with E-state index < -0.39 is 23.0 Å². The lowest BCUT2D eigenvalue weighted by molar-refractivity contribution is 0.126. The number of halogens is 3. The van der Waals surface area contributed by atoms with Crippen molar-refractivity contribution in [2.24, 2.45) is 0 Å². The van der Waals surface area contributed by atoms with Crippen molar-refractivity contribution >= 4 is 21.6 Å². The van der Waals surface area contributed by atoms with Crippen LogP contribution in [0.2, 0.25) is 5.02 Å². The summed E-state index contributed by atoms with van der Waals surface area (Å²) in [7, 11) is -3.10. The maximum absolute atomic E-state index is 12.2. The number of rotatable bonds is 4. The van der Waals surface area contributed by atoms with Gasteiger partial charge >= 0.3 is 0 Å². The molecule has 0 bridgehead atoms. The minimum Gasteiger partial charge on any atom is -0.209 e. The van der Waals surface area contributed by atoms with Crippen LogP contribution in [0.4, 0.5) is 8.78 Å². The number of benzene rings is 1. The minimum absolute atomic E-state index is 0.0865. The summed E-state index contributed by atoms with van der Waals surface area (Å²) in [5.74, 6) is 0. The van der Waals surface area contributed by atoms with Crippen molar-refractivity contribution in [1.82, 2.24) is 4.31 Å². The molecule has 0 radical (unpaired) electrons. The first-order valence-electron chi connectivity index (χ1n) is 4.73. The van der Waals surface area contributed by atoms with Gasteiger partial charge in [0.1, 0.15) is 4.90 Å². The molecule has 1 aromatic carbocycles. The summed E-state index contributed by atoms with van der Waals surface area (Å²) in [5, 5.41) is 8.57. The van der Waals surface area contributed by atoms with E-state index in [1.165, 1.54) is 12.1 Å². The predicted molar refractivity (Wildman–Crippen MR) is 62.0 cm³/mol. The molecule has 0 aliphatic carbocycles. The molecule has 1 rings (SSSR count). The van der Waals surface area contributed by atoms with Gasteiger partial charge in [-0.15, -0.1) is 0 Å². The van der Waals surface area contributed by atoms with Crippen LogP contribution < -0.4 is 0 Å². The number of nitrogens with zero attached hydrogens (tertiary/aromatic N) is 2. The fraction of sp³-hybridized carbons (Fsp3) is 0.300. The van der Waals surface area contributed by atoms with Crippen LogP contribution in [0.5, 0.6) is 0 Å². The molecule has 0 saturated heterocycles. The van der Waals surface area contributed by atoms with Gasteiger partial charge in [0.05, 0.1) is 23.2 Å². The van der Waals surface area contributed by atoms with Crippen molar-refractivity contribution in [2.75, 3.05) is 13.6 Å². The van der Waals surface area contributed by atoms with Gasteiger partial charge < -0.3 is 0 Å². The van der Waals surface area contributed by atoms with Crippen LogP contribution in [-0.4, -0.2) is 32.7 Å². The van der Waals surface area contributed by atoms with Crippen molar-refractivity contribution in [2.45, 2.75) is 11.3 Å². The first kappa shape index (κ1) is 14.8. The van der Waals surface area contributed by atoms with E-state index in [9.17, 15) is 17.2 Å². The molecule has 0 spiro atoms. The fourth-order valence-electron chi connectivity index (χ4n) is 1.23. The summed E-state index contributed by atoms with van der Waals surface area (Å²) in [6.45, 7) is -0.935. The Hall–Kier alpha value is -1.23. The fourth-order valence-corrected chi connectivity index (χ4v) is 2.88. The highest BCUT2D eigenvalue weighted by atomic mass is 35.5. The van der Waals surface area contributed by atoms with Gasteiger partial charge in [0.2, 0.25) is 10.0 Å². The summed E-state index contributed by atoms with van der Waals surface area (Å²) < 4.78 is 48.8. The Balaban J connectivity index is 3.24. The van der Waals surface area contributed by atoms with Gasteiger partial charge in [0, 0.05) is 7.05 Å². The molecule has 0 aliphatic rings. The van der Waals surface area contributed by atoms with Crippen LogP contribution in [0.15, 0.2) is 23.1 Å². The van der Waals surface area contributed by atoms with Crippen molar-refractivity contribution in [3.63, 3.8) is 0 Å². The van der Waals surface area contributed by atoms with Gasteiger partial charge in [-0.3, -0.25) is 0 Å².